The second kappa shape index (κ2) is 9.51. The first-order valence-electron chi connectivity index (χ1n) is 11.2. The molecule has 1 amide bonds. The van der Waals surface area contributed by atoms with E-state index >= 15 is 0 Å². The number of carbonyl (C=O) groups excluding carboxylic acids is 1. The Morgan fingerprint density at radius 1 is 1.03 bits per heavy atom. The Morgan fingerprint density at radius 2 is 1.71 bits per heavy atom. The van der Waals surface area contributed by atoms with Gasteiger partial charge in [0.05, 0.1) is 6.54 Å². The number of amides is 1. The number of aryl methyl sites for hydroxylation is 2. The molecule has 34 heavy (non-hydrogen) atoms. The number of benzene rings is 2. The zero-order valence-electron chi connectivity index (χ0n) is 20.1. The minimum Gasteiger partial charge on any atom is -0.444 e. The Bertz CT molecular complexity index is 1270. The van der Waals surface area contributed by atoms with Crippen LogP contribution in [-0.4, -0.2) is 31.6 Å². The molecule has 176 valence electrons. The lowest BCUT2D eigenvalue weighted by Crippen LogP contribution is -2.32. The summed E-state index contributed by atoms with van der Waals surface area (Å²) in [5.41, 5.74) is 5.27. The average molecular weight is 460 g/mol. The van der Waals surface area contributed by atoms with E-state index in [0.29, 0.717) is 30.5 Å². The van der Waals surface area contributed by atoms with E-state index in [-0.39, 0.29) is 0 Å². The Hall–Kier alpha value is -3.94. The van der Waals surface area contributed by atoms with E-state index in [2.05, 4.69) is 51.7 Å². The highest BCUT2D eigenvalue weighted by Crippen LogP contribution is 2.23. The highest BCUT2D eigenvalue weighted by atomic mass is 16.6. The summed E-state index contributed by atoms with van der Waals surface area (Å²) in [5, 5.41) is 11.5. The number of nitrogens with zero attached hydrogens (tertiary/aromatic N) is 4. The predicted molar refractivity (Wildman–Crippen MR) is 129 cm³/mol. The molecule has 0 bridgehead atoms. The molecule has 2 aromatic heterocycles. The zero-order valence-corrected chi connectivity index (χ0v) is 20.1. The Morgan fingerprint density at radius 3 is 2.38 bits per heavy atom. The summed E-state index contributed by atoms with van der Waals surface area (Å²) in [6.07, 6.45) is -0.448. The lowest BCUT2D eigenvalue weighted by Gasteiger charge is -2.19. The van der Waals surface area contributed by atoms with Crippen LogP contribution in [0.4, 0.5) is 4.79 Å². The van der Waals surface area contributed by atoms with E-state index in [1.54, 1.807) is 0 Å². The van der Waals surface area contributed by atoms with Gasteiger partial charge in [-0.1, -0.05) is 59.3 Å². The molecule has 0 aliphatic rings. The van der Waals surface area contributed by atoms with Crippen LogP contribution in [0.5, 0.6) is 0 Å². The van der Waals surface area contributed by atoms with Crippen molar-refractivity contribution in [1.29, 1.82) is 0 Å². The maximum absolute atomic E-state index is 11.8. The van der Waals surface area contributed by atoms with E-state index in [9.17, 15) is 4.79 Å². The third-order valence-electron chi connectivity index (χ3n) is 5.13. The molecule has 0 fully saturated rings. The van der Waals surface area contributed by atoms with Crippen molar-refractivity contribution in [3.8, 4) is 23.0 Å². The molecule has 8 heteroatoms. The second-order valence-corrected chi connectivity index (χ2v) is 9.29. The van der Waals surface area contributed by atoms with E-state index in [0.717, 1.165) is 16.8 Å². The number of carbonyl (C=O) groups is 1. The van der Waals surface area contributed by atoms with E-state index in [1.807, 2.05) is 62.7 Å². The average Bonchev–Trinajstić information content (AvgIpc) is 3.40. The Balaban J connectivity index is 1.41. The first kappa shape index (κ1) is 23.2. The molecule has 4 aromatic rings. The van der Waals surface area contributed by atoms with Gasteiger partial charge in [-0.05, 0) is 51.8 Å². The normalized spacial score (nSPS) is 11.4. The van der Waals surface area contributed by atoms with Gasteiger partial charge in [-0.2, -0.15) is 10.1 Å². The summed E-state index contributed by atoms with van der Waals surface area (Å²) < 4.78 is 12.7. The molecule has 0 spiro atoms. The third kappa shape index (κ3) is 5.89. The highest BCUT2D eigenvalue weighted by molar-refractivity contribution is 5.67. The molecule has 4 rings (SSSR count). The number of ether oxygens (including phenoxy) is 1. The van der Waals surface area contributed by atoms with Crippen LogP contribution in [0.3, 0.4) is 0 Å². The largest absolute Gasteiger partial charge is 0.444 e. The minimum atomic E-state index is -0.528. The van der Waals surface area contributed by atoms with Crippen molar-refractivity contribution in [1.82, 2.24) is 25.2 Å². The summed E-state index contributed by atoms with van der Waals surface area (Å²) >= 11 is 0. The summed E-state index contributed by atoms with van der Waals surface area (Å²) in [4.78, 5) is 16.4. The molecular formula is C26H29N5O3. The van der Waals surface area contributed by atoms with Crippen molar-refractivity contribution in [2.75, 3.05) is 0 Å². The van der Waals surface area contributed by atoms with Crippen molar-refractivity contribution in [3.05, 3.63) is 77.0 Å². The molecular weight excluding hydrogens is 430 g/mol. The molecule has 8 nitrogen and oxygen atoms in total. The molecule has 2 aromatic carbocycles. The highest BCUT2D eigenvalue weighted by Gasteiger charge is 2.17. The van der Waals surface area contributed by atoms with Gasteiger partial charge in [0, 0.05) is 17.8 Å². The molecule has 0 atom stereocenters. The monoisotopic (exact) mass is 459 g/mol. The standard InChI is InChI=1S/C26H29N5O3/c1-17-6-8-20(9-7-17)16-31-18(2)14-22(29-31)24-28-23(30-34-24)21-12-10-19(11-13-21)15-27-25(32)33-26(3,4)5/h6-14H,15-16H2,1-5H3,(H,27,32). The van der Waals surface area contributed by atoms with Gasteiger partial charge < -0.3 is 14.6 Å². The number of alkyl carbamates (subject to hydrolysis) is 1. The van der Waals surface area contributed by atoms with Gasteiger partial charge in [-0.15, -0.1) is 0 Å². The Labute approximate surface area is 199 Å². The van der Waals surface area contributed by atoms with E-state index in [1.165, 1.54) is 11.1 Å². The number of hydrogen-bond acceptors (Lipinski definition) is 6. The fourth-order valence-electron chi connectivity index (χ4n) is 3.35. The molecule has 0 saturated carbocycles. The van der Waals surface area contributed by atoms with E-state index < -0.39 is 11.7 Å². The second-order valence-electron chi connectivity index (χ2n) is 9.29. The first-order valence-corrected chi connectivity index (χ1v) is 11.2. The van der Waals surface area contributed by atoms with Crippen LogP contribution in [0.15, 0.2) is 59.1 Å². The van der Waals surface area contributed by atoms with Crippen LogP contribution < -0.4 is 5.32 Å². The molecule has 0 radical (unpaired) electrons. The fraction of sp³-hybridized carbons (Fsp3) is 0.308. The van der Waals surface area contributed by atoms with Crippen LogP contribution in [0.25, 0.3) is 23.0 Å². The van der Waals surface area contributed by atoms with Crippen molar-refractivity contribution in [3.63, 3.8) is 0 Å². The Kier molecular flexibility index (Phi) is 6.49. The molecule has 0 aliphatic carbocycles. The van der Waals surface area contributed by atoms with Gasteiger partial charge in [0.2, 0.25) is 5.82 Å². The van der Waals surface area contributed by atoms with Crippen LogP contribution in [0.1, 0.15) is 43.2 Å². The van der Waals surface area contributed by atoms with Crippen molar-refractivity contribution in [2.45, 2.75) is 53.3 Å². The van der Waals surface area contributed by atoms with Gasteiger partial charge in [0.25, 0.3) is 5.89 Å². The first-order chi connectivity index (χ1) is 16.2. The van der Waals surface area contributed by atoms with Gasteiger partial charge in [-0.3, -0.25) is 4.68 Å². The third-order valence-corrected chi connectivity index (χ3v) is 5.13. The number of nitrogens with one attached hydrogen (secondary N) is 1. The minimum absolute atomic E-state index is 0.365. The van der Waals surface area contributed by atoms with Crippen LogP contribution in [0, 0.1) is 13.8 Å². The van der Waals surface area contributed by atoms with Gasteiger partial charge in [0.15, 0.2) is 5.69 Å². The summed E-state index contributed by atoms with van der Waals surface area (Å²) in [6.45, 7) is 10.6. The number of aromatic nitrogens is 4. The fourth-order valence-corrected chi connectivity index (χ4v) is 3.35. The SMILES string of the molecule is Cc1ccc(Cn2nc(-c3nc(-c4ccc(CNC(=O)OC(C)(C)C)cc4)no3)cc2C)cc1. The van der Waals surface area contributed by atoms with Crippen molar-refractivity contribution in [2.24, 2.45) is 0 Å². The smallest absolute Gasteiger partial charge is 0.407 e. The molecule has 0 unspecified atom stereocenters. The quantitative estimate of drug-likeness (QED) is 0.421. The van der Waals surface area contributed by atoms with Crippen molar-refractivity contribution < 1.29 is 14.1 Å². The zero-order chi connectivity index (χ0) is 24.3. The van der Waals surface area contributed by atoms with Crippen molar-refractivity contribution >= 4 is 6.09 Å². The number of hydrogen-bond donors (Lipinski definition) is 1. The summed E-state index contributed by atoms with van der Waals surface area (Å²) in [6, 6.07) is 17.9. The van der Waals surface area contributed by atoms with Gasteiger partial charge in [0.1, 0.15) is 5.60 Å². The lowest BCUT2D eigenvalue weighted by atomic mass is 10.1. The molecule has 2 heterocycles. The molecule has 0 saturated heterocycles. The van der Waals surface area contributed by atoms with Crippen LogP contribution >= 0.6 is 0 Å². The van der Waals surface area contributed by atoms with Crippen LogP contribution in [-0.2, 0) is 17.8 Å². The molecule has 0 aliphatic heterocycles. The van der Waals surface area contributed by atoms with E-state index in [4.69, 9.17) is 9.26 Å². The maximum Gasteiger partial charge on any atom is 0.407 e. The maximum atomic E-state index is 11.8. The number of rotatable bonds is 6. The van der Waals surface area contributed by atoms with Gasteiger partial charge in [-0.25, -0.2) is 4.79 Å². The summed E-state index contributed by atoms with van der Waals surface area (Å²) in [5.74, 6) is 0.851. The predicted octanol–water partition coefficient (Wildman–Crippen LogP) is 5.29. The van der Waals surface area contributed by atoms with Crippen LogP contribution in [0.2, 0.25) is 0 Å². The molecule has 1 N–H and O–H groups in total. The lowest BCUT2D eigenvalue weighted by molar-refractivity contribution is 0.0523. The summed E-state index contributed by atoms with van der Waals surface area (Å²) in [7, 11) is 0. The topological polar surface area (TPSA) is 95.1 Å². The van der Waals surface area contributed by atoms with Gasteiger partial charge >= 0.3 is 6.09 Å².